The lowest BCUT2D eigenvalue weighted by Crippen LogP contribution is -2.46. The minimum Gasteiger partial charge on any atom is -0.396 e. The van der Waals surface area contributed by atoms with Crippen LogP contribution in [-0.2, 0) is 9.63 Å². The Balaban J connectivity index is 2.87. The second-order valence-corrected chi connectivity index (χ2v) is 4.14. The zero-order valence-electron chi connectivity index (χ0n) is 10.7. The number of benzene rings is 1. The summed E-state index contributed by atoms with van der Waals surface area (Å²) in [6.07, 6.45) is 0. The smallest absolute Gasteiger partial charge is 0.293 e. The van der Waals surface area contributed by atoms with Gasteiger partial charge in [-0.1, -0.05) is 21.1 Å². The van der Waals surface area contributed by atoms with Gasteiger partial charge in [-0.25, -0.2) is 15.2 Å². The van der Waals surface area contributed by atoms with Crippen molar-refractivity contribution in [3.05, 3.63) is 35.6 Å². The first kappa shape index (κ1) is 16.3. The number of rotatable bonds is 5. The summed E-state index contributed by atoms with van der Waals surface area (Å²) in [4.78, 5) is 28.6. The molecule has 2 N–H and O–H groups in total. The van der Waals surface area contributed by atoms with Crippen molar-refractivity contribution in [1.29, 1.82) is 0 Å². The van der Waals surface area contributed by atoms with Gasteiger partial charge in [0, 0.05) is 5.56 Å². The van der Waals surface area contributed by atoms with Crippen LogP contribution in [-0.4, -0.2) is 34.5 Å². The Morgan fingerprint density at radius 1 is 1.40 bits per heavy atom. The number of nitrogens with zero attached hydrogens (tertiary/aromatic N) is 2. The molecule has 1 aromatic carbocycles. The van der Waals surface area contributed by atoms with Gasteiger partial charge in [-0.15, -0.1) is 0 Å². The van der Waals surface area contributed by atoms with Gasteiger partial charge in [0.15, 0.2) is 5.71 Å². The van der Waals surface area contributed by atoms with Gasteiger partial charge in [-0.05, 0) is 31.2 Å². The Hall–Kier alpha value is -1.80. The maximum absolute atomic E-state index is 12.8. The third kappa shape index (κ3) is 4.10. The molecule has 0 spiro atoms. The summed E-state index contributed by atoms with van der Waals surface area (Å²) in [6, 6.07) is 4.67. The number of hydrazine groups is 1. The highest BCUT2D eigenvalue weighted by molar-refractivity contribution is 9.09. The van der Waals surface area contributed by atoms with E-state index in [9.17, 15) is 14.0 Å². The van der Waals surface area contributed by atoms with Crippen molar-refractivity contribution in [1.82, 2.24) is 5.01 Å². The minimum atomic E-state index is -0.801. The average molecular weight is 346 g/mol. The predicted molar refractivity (Wildman–Crippen MR) is 74.6 cm³/mol. The third-order valence-electron chi connectivity index (χ3n) is 2.21. The normalized spacial score (nSPS) is 11.1. The molecule has 6 nitrogen and oxygen atoms in total. The van der Waals surface area contributed by atoms with Crippen LogP contribution >= 0.6 is 15.9 Å². The maximum atomic E-state index is 12.8. The van der Waals surface area contributed by atoms with Crippen LogP contribution in [0.25, 0.3) is 0 Å². The second-order valence-electron chi connectivity index (χ2n) is 3.58. The molecule has 8 heteroatoms. The van der Waals surface area contributed by atoms with Crippen LogP contribution in [0.4, 0.5) is 4.39 Å². The summed E-state index contributed by atoms with van der Waals surface area (Å²) in [5.74, 6) is 3.41. The molecule has 0 saturated carbocycles. The van der Waals surface area contributed by atoms with Gasteiger partial charge in [0.1, 0.15) is 12.4 Å². The molecule has 0 radical (unpaired) electrons. The molecule has 20 heavy (non-hydrogen) atoms. The van der Waals surface area contributed by atoms with Gasteiger partial charge >= 0.3 is 0 Å². The monoisotopic (exact) mass is 345 g/mol. The molecular formula is C12H13BrFN3O3. The summed E-state index contributed by atoms with van der Waals surface area (Å²) in [5, 5.41) is 4.05. The van der Waals surface area contributed by atoms with E-state index in [2.05, 4.69) is 21.1 Å². The van der Waals surface area contributed by atoms with E-state index in [0.29, 0.717) is 5.01 Å². The highest BCUT2D eigenvalue weighted by Crippen LogP contribution is 2.06. The molecule has 0 heterocycles. The van der Waals surface area contributed by atoms with E-state index in [1.165, 1.54) is 12.1 Å². The standard InChI is InChI=1S/C12H13BrFN3O3/c1-2-20-16-10(7-13)12(19)17(15)11(18)8-3-5-9(14)6-4-8/h3-6H,2,7,15H2,1H3. The van der Waals surface area contributed by atoms with Crippen molar-refractivity contribution in [2.45, 2.75) is 6.92 Å². The lowest BCUT2D eigenvalue weighted by Gasteiger charge is -2.14. The summed E-state index contributed by atoms with van der Waals surface area (Å²) in [7, 11) is 0. The quantitative estimate of drug-likeness (QED) is 0.288. The van der Waals surface area contributed by atoms with Gasteiger partial charge in [-0.2, -0.15) is 0 Å². The molecule has 108 valence electrons. The molecule has 1 rings (SSSR count). The summed E-state index contributed by atoms with van der Waals surface area (Å²) >= 11 is 3.06. The molecule has 0 unspecified atom stereocenters. The van der Waals surface area contributed by atoms with Crippen LogP contribution in [0.5, 0.6) is 0 Å². The van der Waals surface area contributed by atoms with E-state index in [0.717, 1.165) is 12.1 Å². The van der Waals surface area contributed by atoms with Crippen LogP contribution in [0.3, 0.4) is 0 Å². The molecule has 2 amide bonds. The topological polar surface area (TPSA) is 85.0 Å². The Kier molecular flexibility index (Phi) is 6.26. The Labute approximate surface area is 123 Å². The van der Waals surface area contributed by atoms with E-state index in [1.807, 2.05) is 0 Å². The van der Waals surface area contributed by atoms with Crippen molar-refractivity contribution >= 4 is 33.5 Å². The summed E-state index contributed by atoms with van der Waals surface area (Å²) < 4.78 is 12.8. The zero-order valence-corrected chi connectivity index (χ0v) is 12.3. The molecule has 0 bridgehead atoms. The number of imide groups is 1. The summed E-state index contributed by atoms with van der Waals surface area (Å²) in [6.45, 7) is 1.98. The average Bonchev–Trinajstić information content (AvgIpc) is 2.47. The highest BCUT2D eigenvalue weighted by atomic mass is 79.9. The van der Waals surface area contributed by atoms with E-state index in [-0.39, 0.29) is 23.2 Å². The number of hydrogen-bond donors (Lipinski definition) is 1. The number of carbonyl (C=O) groups is 2. The van der Waals surface area contributed by atoms with Crippen LogP contribution < -0.4 is 5.84 Å². The predicted octanol–water partition coefficient (Wildman–Crippen LogP) is 1.46. The largest absolute Gasteiger partial charge is 0.396 e. The molecular weight excluding hydrogens is 333 g/mol. The fourth-order valence-corrected chi connectivity index (χ4v) is 1.57. The second kappa shape index (κ2) is 7.71. The Morgan fingerprint density at radius 2 is 2.00 bits per heavy atom. The molecule has 0 fully saturated rings. The van der Waals surface area contributed by atoms with Crippen LogP contribution in [0.1, 0.15) is 17.3 Å². The lowest BCUT2D eigenvalue weighted by atomic mass is 10.2. The molecule has 0 aliphatic heterocycles. The number of amides is 2. The van der Waals surface area contributed by atoms with Crippen molar-refractivity contribution in [2.24, 2.45) is 11.0 Å². The summed E-state index contributed by atoms with van der Waals surface area (Å²) in [5.41, 5.74) is 0.0393. The first-order valence-electron chi connectivity index (χ1n) is 5.65. The van der Waals surface area contributed by atoms with Crippen molar-refractivity contribution in [3.63, 3.8) is 0 Å². The van der Waals surface area contributed by atoms with Crippen molar-refractivity contribution in [3.8, 4) is 0 Å². The highest BCUT2D eigenvalue weighted by Gasteiger charge is 2.24. The van der Waals surface area contributed by atoms with E-state index < -0.39 is 17.6 Å². The van der Waals surface area contributed by atoms with Gasteiger partial charge in [0.2, 0.25) is 0 Å². The number of hydrogen-bond acceptors (Lipinski definition) is 5. The van der Waals surface area contributed by atoms with Crippen LogP contribution in [0.2, 0.25) is 0 Å². The Bertz CT molecular complexity index is 519. The van der Waals surface area contributed by atoms with Gasteiger partial charge in [0.05, 0.1) is 5.33 Å². The number of halogens is 2. The van der Waals surface area contributed by atoms with E-state index in [4.69, 9.17) is 10.7 Å². The maximum Gasteiger partial charge on any atom is 0.293 e. The first-order chi connectivity index (χ1) is 9.51. The minimum absolute atomic E-state index is 0.0511. The van der Waals surface area contributed by atoms with Gasteiger partial charge in [0.25, 0.3) is 11.8 Å². The molecule has 0 atom stereocenters. The molecule has 0 saturated heterocycles. The number of oxime groups is 1. The fraction of sp³-hybridized carbons (Fsp3) is 0.250. The van der Waals surface area contributed by atoms with Crippen LogP contribution in [0.15, 0.2) is 29.4 Å². The van der Waals surface area contributed by atoms with E-state index >= 15 is 0 Å². The lowest BCUT2D eigenvalue weighted by molar-refractivity contribution is -0.122. The third-order valence-corrected chi connectivity index (χ3v) is 2.74. The SMILES string of the molecule is CCON=C(CBr)C(=O)N(N)C(=O)c1ccc(F)cc1. The molecule has 0 aliphatic carbocycles. The fourth-order valence-electron chi connectivity index (χ4n) is 1.23. The Morgan fingerprint density at radius 3 is 2.50 bits per heavy atom. The number of nitrogens with two attached hydrogens (primary N) is 1. The zero-order chi connectivity index (χ0) is 15.1. The molecule has 0 aromatic heterocycles. The van der Waals surface area contributed by atoms with E-state index in [1.54, 1.807) is 6.92 Å². The molecule has 0 aliphatic rings. The van der Waals surface area contributed by atoms with Crippen LogP contribution in [0, 0.1) is 5.82 Å². The molecule has 1 aromatic rings. The van der Waals surface area contributed by atoms with Gasteiger partial charge in [-0.3, -0.25) is 9.59 Å². The number of alkyl halides is 1. The van der Waals surface area contributed by atoms with Crippen molar-refractivity contribution in [2.75, 3.05) is 11.9 Å². The van der Waals surface area contributed by atoms with Gasteiger partial charge < -0.3 is 4.84 Å². The first-order valence-corrected chi connectivity index (χ1v) is 6.77. The number of carbonyl (C=O) groups excluding carboxylic acids is 2. The van der Waals surface area contributed by atoms with Crippen molar-refractivity contribution < 1.29 is 18.8 Å².